The van der Waals surface area contributed by atoms with Crippen LogP contribution in [0.25, 0.3) is 61.0 Å². The molecule has 2 heteroatoms. The smallest absolute Gasteiger partial charge is 0.0746 e. The van der Waals surface area contributed by atoms with Gasteiger partial charge in [-0.05, 0) is 87.3 Å². The molecular formula is C49H36N2. The van der Waals surface area contributed by atoms with Crippen molar-refractivity contribution in [2.45, 2.75) is 13.3 Å². The fourth-order valence-corrected chi connectivity index (χ4v) is 7.73. The second kappa shape index (κ2) is 12.7. The third-order valence-corrected chi connectivity index (χ3v) is 10.2. The van der Waals surface area contributed by atoms with Gasteiger partial charge in [0.25, 0.3) is 0 Å². The van der Waals surface area contributed by atoms with Crippen LogP contribution in [0.15, 0.2) is 193 Å². The molecule has 0 amide bonds. The topological polar surface area (TPSA) is 17.3 Å². The molecule has 0 radical (unpaired) electrons. The minimum Gasteiger partial charge on any atom is -0.309 e. The Bertz CT molecular complexity index is 2620. The Morgan fingerprint density at radius 1 is 0.549 bits per heavy atom. The van der Waals surface area contributed by atoms with Gasteiger partial charge in [-0.1, -0.05) is 152 Å². The highest BCUT2D eigenvalue weighted by molar-refractivity contribution is 6.09. The lowest BCUT2D eigenvalue weighted by molar-refractivity contribution is 1.18. The Balaban J connectivity index is 1.19. The predicted molar refractivity (Wildman–Crippen MR) is 216 cm³/mol. The highest BCUT2D eigenvalue weighted by Gasteiger charge is 2.27. The fourth-order valence-electron chi connectivity index (χ4n) is 7.73. The number of hydrogen-bond acceptors (Lipinski definition) is 1. The van der Waals surface area contributed by atoms with Gasteiger partial charge in [-0.2, -0.15) is 0 Å². The summed E-state index contributed by atoms with van der Waals surface area (Å²) in [7, 11) is 0. The zero-order valence-electron chi connectivity index (χ0n) is 28.6. The van der Waals surface area contributed by atoms with Gasteiger partial charge in [-0.15, -0.1) is 0 Å². The molecule has 1 heterocycles. The van der Waals surface area contributed by atoms with E-state index in [-0.39, 0.29) is 0 Å². The zero-order valence-corrected chi connectivity index (χ0v) is 28.6. The first kappa shape index (κ1) is 30.5. The lowest BCUT2D eigenvalue weighted by atomic mass is 9.93. The summed E-state index contributed by atoms with van der Waals surface area (Å²) in [5.41, 5.74) is 17.1. The molecule has 0 atom stereocenters. The van der Waals surface area contributed by atoms with Crippen LogP contribution < -0.4 is 0 Å². The molecule has 0 bridgehead atoms. The summed E-state index contributed by atoms with van der Waals surface area (Å²) in [6.45, 7) is 6.90. The Labute approximate surface area is 299 Å². The van der Waals surface area contributed by atoms with Crippen LogP contribution in [-0.4, -0.2) is 10.3 Å². The van der Waals surface area contributed by atoms with Crippen molar-refractivity contribution in [1.82, 2.24) is 4.57 Å². The number of aliphatic imine (C=N–C) groups is 1. The summed E-state index contributed by atoms with van der Waals surface area (Å²) in [5.74, 6) is 0. The number of nitrogens with zero attached hydrogens (tertiary/aromatic N) is 2. The molecule has 0 fully saturated rings. The summed E-state index contributed by atoms with van der Waals surface area (Å²) in [6, 6.07) is 62.8. The number of allylic oxidation sites excluding steroid dienone is 2. The van der Waals surface area contributed by atoms with Crippen LogP contribution in [0.5, 0.6) is 0 Å². The monoisotopic (exact) mass is 652 g/mol. The first-order valence-electron chi connectivity index (χ1n) is 17.5. The number of fused-ring (bicyclic) bond motifs is 4. The summed E-state index contributed by atoms with van der Waals surface area (Å²) in [4.78, 5) is 5.41. The largest absolute Gasteiger partial charge is 0.309 e. The Morgan fingerprint density at radius 3 is 1.88 bits per heavy atom. The second-order valence-electron chi connectivity index (χ2n) is 13.3. The molecule has 7 aromatic carbocycles. The van der Waals surface area contributed by atoms with E-state index in [1.165, 1.54) is 55.2 Å². The third-order valence-electron chi connectivity index (χ3n) is 10.2. The van der Waals surface area contributed by atoms with E-state index in [4.69, 9.17) is 11.6 Å². The van der Waals surface area contributed by atoms with Crippen molar-refractivity contribution < 1.29 is 0 Å². The summed E-state index contributed by atoms with van der Waals surface area (Å²) in [5, 5.41) is 2.52. The molecule has 1 aliphatic carbocycles. The molecule has 0 saturated carbocycles. The highest BCUT2D eigenvalue weighted by atomic mass is 15.0. The molecular weight excluding hydrogens is 617 g/mol. The van der Waals surface area contributed by atoms with E-state index >= 15 is 0 Å². The molecule has 9 rings (SSSR count). The van der Waals surface area contributed by atoms with Crippen molar-refractivity contribution >= 4 is 38.8 Å². The molecule has 242 valence electrons. The third kappa shape index (κ3) is 5.42. The van der Waals surface area contributed by atoms with E-state index in [1.54, 1.807) is 0 Å². The first-order valence-corrected chi connectivity index (χ1v) is 17.5. The van der Waals surface area contributed by atoms with E-state index in [2.05, 4.69) is 181 Å². The molecule has 0 N–H and O–H groups in total. The zero-order chi connectivity index (χ0) is 34.3. The number of aromatic nitrogens is 1. The van der Waals surface area contributed by atoms with Gasteiger partial charge < -0.3 is 4.57 Å². The molecule has 51 heavy (non-hydrogen) atoms. The average Bonchev–Trinajstić information content (AvgIpc) is 3.72. The van der Waals surface area contributed by atoms with Gasteiger partial charge in [-0.3, -0.25) is 4.99 Å². The maximum Gasteiger partial charge on any atom is 0.0746 e. The molecule has 0 unspecified atom stereocenters. The van der Waals surface area contributed by atoms with Gasteiger partial charge in [-0.25, -0.2) is 0 Å². The molecule has 0 spiro atoms. The van der Waals surface area contributed by atoms with Crippen LogP contribution >= 0.6 is 0 Å². The van der Waals surface area contributed by atoms with Crippen molar-refractivity contribution in [3.63, 3.8) is 0 Å². The van der Waals surface area contributed by atoms with Crippen molar-refractivity contribution in [2.75, 3.05) is 0 Å². The van der Waals surface area contributed by atoms with E-state index < -0.39 is 0 Å². The average molecular weight is 653 g/mol. The lowest BCUT2D eigenvalue weighted by Gasteiger charge is -2.14. The first-order chi connectivity index (χ1) is 25.1. The maximum absolute atomic E-state index is 5.41. The van der Waals surface area contributed by atoms with Gasteiger partial charge in [0.1, 0.15) is 0 Å². The van der Waals surface area contributed by atoms with E-state index in [0.717, 1.165) is 45.8 Å². The number of rotatable bonds is 6. The predicted octanol–water partition coefficient (Wildman–Crippen LogP) is 12.6. The lowest BCUT2D eigenvalue weighted by Crippen LogP contribution is -1.98. The molecule has 0 saturated heterocycles. The van der Waals surface area contributed by atoms with Crippen LogP contribution in [0.3, 0.4) is 0 Å². The normalized spacial score (nSPS) is 13.9. The van der Waals surface area contributed by atoms with Gasteiger partial charge in [0, 0.05) is 34.2 Å². The van der Waals surface area contributed by atoms with E-state index in [0.29, 0.717) is 0 Å². The molecule has 1 aliphatic rings. The summed E-state index contributed by atoms with van der Waals surface area (Å²) >= 11 is 0. The SMILES string of the molecule is C=C1/C(=C(\N=C(C)c2ccccc2)c2cccc(-c3ccccc3)c2)Cc2cccc(-c3cccc(-n4c5ccccc5c5ccccc54)c3)c21. The Kier molecular flexibility index (Phi) is 7.63. The number of benzene rings is 7. The Morgan fingerprint density at radius 2 is 1.14 bits per heavy atom. The van der Waals surface area contributed by atoms with E-state index in [1.807, 2.05) is 6.07 Å². The minimum absolute atomic E-state index is 0.769. The van der Waals surface area contributed by atoms with Crippen molar-refractivity contribution in [2.24, 2.45) is 4.99 Å². The van der Waals surface area contributed by atoms with E-state index in [9.17, 15) is 0 Å². The molecule has 8 aromatic rings. The van der Waals surface area contributed by atoms with Gasteiger partial charge in [0.05, 0.1) is 16.7 Å². The molecule has 1 aromatic heterocycles. The van der Waals surface area contributed by atoms with Gasteiger partial charge >= 0.3 is 0 Å². The van der Waals surface area contributed by atoms with Gasteiger partial charge in [0.2, 0.25) is 0 Å². The van der Waals surface area contributed by atoms with Crippen LogP contribution in [0.2, 0.25) is 0 Å². The number of para-hydroxylation sites is 2. The van der Waals surface area contributed by atoms with Gasteiger partial charge in [0.15, 0.2) is 0 Å². The molecule has 0 aliphatic heterocycles. The van der Waals surface area contributed by atoms with Crippen molar-refractivity contribution in [3.8, 4) is 27.9 Å². The quantitative estimate of drug-likeness (QED) is 0.159. The van der Waals surface area contributed by atoms with Crippen LogP contribution in [0, 0.1) is 0 Å². The van der Waals surface area contributed by atoms with Crippen LogP contribution in [-0.2, 0) is 6.42 Å². The highest BCUT2D eigenvalue weighted by Crippen LogP contribution is 2.45. The second-order valence-corrected chi connectivity index (χ2v) is 13.3. The fraction of sp³-hybridized carbons (Fsp3) is 0.0408. The molecule has 2 nitrogen and oxygen atoms in total. The van der Waals surface area contributed by atoms with Crippen molar-refractivity contribution in [1.29, 1.82) is 0 Å². The van der Waals surface area contributed by atoms with Crippen LogP contribution in [0.1, 0.15) is 29.2 Å². The maximum atomic E-state index is 5.41. The standard InChI is InChI=1S/C49H36N2/c1-33-45(49(50-34(2)35-16-5-3-6-17-35)40-23-13-20-37(30-40)36-18-7-4-8-19-36)32-39-22-15-27-42(48(33)39)38-21-14-24-41(31-38)51-46-28-11-9-25-43(46)44-26-10-12-29-47(44)51/h3-31H,1,32H2,2H3/b49-45-,50-34?. The van der Waals surface area contributed by atoms with Crippen LogP contribution in [0.4, 0.5) is 0 Å². The summed E-state index contributed by atoms with van der Waals surface area (Å²) in [6.07, 6.45) is 0.769. The summed E-state index contributed by atoms with van der Waals surface area (Å²) < 4.78 is 2.39. The Hall–Kier alpha value is -6.51. The number of hydrogen-bond donors (Lipinski definition) is 0. The minimum atomic E-state index is 0.769. The van der Waals surface area contributed by atoms with Crippen molar-refractivity contribution in [3.05, 3.63) is 210 Å².